The average Bonchev–Trinajstić information content (AvgIpc) is 2.44. The van der Waals surface area contributed by atoms with Crippen LogP contribution in [0.5, 0.6) is 0 Å². The summed E-state index contributed by atoms with van der Waals surface area (Å²) in [6, 6.07) is 9.09. The monoisotopic (exact) mass is 282 g/mol. The van der Waals surface area contributed by atoms with Gasteiger partial charge in [-0.2, -0.15) is 0 Å². The highest BCUT2D eigenvalue weighted by molar-refractivity contribution is 5.38. The van der Waals surface area contributed by atoms with Crippen molar-refractivity contribution in [2.24, 2.45) is 0 Å². The van der Waals surface area contributed by atoms with Gasteiger partial charge in [0.05, 0.1) is 11.7 Å². The highest BCUT2D eigenvalue weighted by atomic mass is 14.9. The van der Waals surface area contributed by atoms with Crippen LogP contribution in [0.3, 0.4) is 0 Å². The van der Waals surface area contributed by atoms with E-state index < -0.39 is 0 Å². The molecule has 21 heavy (non-hydrogen) atoms. The van der Waals surface area contributed by atoms with Gasteiger partial charge in [0.15, 0.2) is 0 Å². The molecule has 1 N–H and O–H groups in total. The number of pyridine rings is 1. The van der Waals surface area contributed by atoms with Crippen LogP contribution < -0.4 is 5.32 Å². The van der Waals surface area contributed by atoms with Crippen LogP contribution in [0.1, 0.15) is 52.9 Å². The van der Waals surface area contributed by atoms with Crippen molar-refractivity contribution in [2.45, 2.75) is 47.1 Å². The van der Waals surface area contributed by atoms with Crippen molar-refractivity contribution in [2.75, 3.05) is 6.54 Å². The minimum atomic E-state index is 0.171. The molecule has 0 aliphatic rings. The lowest BCUT2D eigenvalue weighted by Gasteiger charge is -2.21. The zero-order valence-electron chi connectivity index (χ0n) is 13.8. The maximum atomic E-state index is 4.70. The maximum absolute atomic E-state index is 4.70. The summed E-state index contributed by atoms with van der Waals surface area (Å²) in [7, 11) is 0. The van der Waals surface area contributed by atoms with Gasteiger partial charge in [-0.15, -0.1) is 0 Å². The molecule has 2 heteroatoms. The van der Waals surface area contributed by atoms with E-state index in [0.29, 0.717) is 0 Å². The molecular weight excluding hydrogens is 256 g/mol. The molecule has 2 aromatic rings. The molecule has 112 valence electrons. The Morgan fingerprint density at radius 2 is 1.76 bits per heavy atom. The number of nitrogens with zero attached hydrogens (tertiary/aromatic N) is 1. The van der Waals surface area contributed by atoms with Crippen LogP contribution in [-0.4, -0.2) is 11.5 Å². The van der Waals surface area contributed by atoms with Crippen LogP contribution in [0.25, 0.3) is 0 Å². The minimum Gasteiger partial charge on any atom is -0.305 e. The molecule has 0 aliphatic carbocycles. The van der Waals surface area contributed by atoms with Gasteiger partial charge < -0.3 is 5.32 Å². The van der Waals surface area contributed by atoms with E-state index in [0.717, 1.165) is 18.7 Å². The zero-order chi connectivity index (χ0) is 15.4. The van der Waals surface area contributed by atoms with Crippen LogP contribution in [0.15, 0.2) is 30.5 Å². The predicted molar refractivity (Wildman–Crippen MR) is 89.8 cm³/mol. The van der Waals surface area contributed by atoms with Crippen LogP contribution >= 0.6 is 0 Å². The van der Waals surface area contributed by atoms with Gasteiger partial charge in [-0.1, -0.05) is 31.2 Å². The Morgan fingerprint density at radius 3 is 2.38 bits per heavy atom. The van der Waals surface area contributed by atoms with E-state index in [1.54, 1.807) is 0 Å². The summed E-state index contributed by atoms with van der Waals surface area (Å²) >= 11 is 0. The first kappa shape index (κ1) is 15.7. The van der Waals surface area contributed by atoms with Gasteiger partial charge in [0, 0.05) is 6.20 Å². The molecule has 0 amide bonds. The molecule has 2 nitrogen and oxygen atoms in total. The van der Waals surface area contributed by atoms with Crippen molar-refractivity contribution in [1.82, 2.24) is 10.3 Å². The second-order valence-corrected chi connectivity index (χ2v) is 5.95. The van der Waals surface area contributed by atoms with E-state index in [9.17, 15) is 0 Å². The van der Waals surface area contributed by atoms with E-state index in [1.807, 2.05) is 6.20 Å². The standard InChI is InChI=1S/C19H26N2/c1-6-9-20-19(17-8-7-14(3)15(4)11-17)18-16(5)10-13(2)12-21-18/h7-8,10-12,19-20H,6,9H2,1-5H3. The second-order valence-electron chi connectivity index (χ2n) is 5.95. The Bertz CT molecular complexity index is 617. The molecule has 0 bridgehead atoms. The van der Waals surface area contributed by atoms with Crippen molar-refractivity contribution in [1.29, 1.82) is 0 Å². The topological polar surface area (TPSA) is 24.9 Å². The summed E-state index contributed by atoms with van der Waals surface area (Å²) in [6.45, 7) is 11.8. The molecule has 1 unspecified atom stereocenters. The molecule has 0 saturated carbocycles. The lowest BCUT2D eigenvalue weighted by atomic mass is 9.96. The summed E-state index contributed by atoms with van der Waals surface area (Å²) in [5, 5.41) is 3.65. The minimum absolute atomic E-state index is 0.171. The summed E-state index contributed by atoms with van der Waals surface area (Å²) in [6.07, 6.45) is 3.08. The first-order valence-corrected chi connectivity index (χ1v) is 7.76. The fourth-order valence-electron chi connectivity index (χ4n) is 2.63. The Kier molecular flexibility index (Phi) is 5.13. The van der Waals surface area contributed by atoms with Crippen molar-refractivity contribution < 1.29 is 0 Å². The van der Waals surface area contributed by atoms with Gasteiger partial charge in [-0.05, 0) is 68.5 Å². The molecule has 0 aliphatic heterocycles. The quantitative estimate of drug-likeness (QED) is 0.879. The normalized spacial score (nSPS) is 12.4. The van der Waals surface area contributed by atoms with Gasteiger partial charge in [-0.3, -0.25) is 4.98 Å². The van der Waals surface area contributed by atoms with Gasteiger partial charge in [0.2, 0.25) is 0 Å². The fraction of sp³-hybridized carbons (Fsp3) is 0.421. The van der Waals surface area contributed by atoms with Crippen molar-refractivity contribution >= 4 is 0 Å². The molecule has 0 fully saturated rings. The lowest BCUT2D eigenvalue weighted by molar-refractivity contribution is 0.583. The molecule has 0 spiro atoms. The molecule has 0 radical (unpaired) electrons. The van der Waals surface area contributed by atoms with Crippen molar-refractivity contribution in [3.05, 3.63) is 64.0 Å². The number of aromatic nitrogens is 1. The molecule has 1 atom stereocenters. The third-order valence-corrected chi connectivity index (χ3v) is 3.99. The fourth-order valence-corrected chi connectivity index (χ4v) is 2.63. The summed E-state index contributed by atoms with van der Waals surface area (Å²) in [5.41, 5.74) is 7.57. The SMILES string of the molecule is CCCNC(c1ccc(C)c(C)c1)c1ncc(C)cc1C. The molecule has 0 saturated heterocycles. The Labute approximate surface area is 128 Å². The Hall–Kier alpha value is -1.67. The van der Waals surface area contributed by atoms with Crippen molar-refractivity contribution in [3.8, 4) is 0 Å². The van der Waals surface area contributed by atoms with Gasteiger partial charge in [-0.25, -0.2) is 0 Å². The number of aryl methyl sites for hydroxylation is 4. The third-order valence-electron chi connectivity index (χ3n) is 3.99. The van der Waals surface area contributed by atoms with E-state index in [1.165, 1.54) is 27.8 Å². The van der Waals surface area contributed by atoms with E-state index in [-0.39, 0.29) is 6.04 Å². The smallest absolute Gasteiger partial charge is 0.0754 e. The summed E-state index contributed by atoms with van der Waals surface area (Å²) in [4.78, 5) is 4.70. The van der Waals surface area contributed by atoms with Crippen LogP contribution in [0.2, 0.25) is 0 Å². The molecular formula is C19H26N2. The molecule has 1 aromatic carbocycles. The number of rotatable bonds is 5. The van der Waals surface area contributed by atoms with Gasteiger partial charge in [0.1, 0.15) is 0 Å². The average molecular weight is 282 g/mol. The van der Waals surface area contributed by atoms with Crippen LogP contribution in [0, 0.1) is 27.7 Å². The molecule has 1 heterocycles. The number of hydrogen-bond acceptors (Lipinski definition) is 2. The highest BCUT2D eigenvalue weighted by Gasteiger charge is 2.17. The first-order chi connectivity index (χ1) is 10.0. The second kappa shape index (κ2) is 6.86. The molecule has 1 aromatic heterocycles. The summed E-state index contributed by atoms with van der Waals surface area (Å²) < 4.78 is 0. The highest BCUT2D eigenvalue weighted by Crippen LogP contribution is 2.25. The Balaban J connectivity index is 2.44. The number of hydrogen-bond donors (Lipinski definition) is 1. The van der Waals surface area contributed by atoms with Crippen molar-refractivity contribution in [3.63, 3.8) is 0 Å². The molecule has 2 rings (SSSR count). The zero-order valence-corrected chi connectivity index (χ0v) is 13.8. The van der Waals surface area contributed by atoms with E-state index in [2.05, 4.69) is 64.2 Å². The third kappa shape index (κ3) is 3.70. The Morgan fingerprint density at radius 1 is 1.00 bits per heavy atom. The maximum Gasteiger partial charge on any atom is 0.0754 e. The van der Waals surface area contributed by atoms with E-state index in [4.69, 9.17) is 4.98 Å². The number of nitrogens with one attached hydrogen (secondary N) is 1. The number of benzene rings is 1. The van der Waals surface area contributed by atoms with E-state index >= 15 is 0 Å². The first-order valence-electron chi connectivity index (χ1n) is 7.76. The largest absolute Gasteiger partial charge is 0.305 e. The van der Waals surface area contributed by atoms with Gasteiger partial charge >= 0.3 is 0 Å². The lowest BCUT2D eigenvalue weighted by Crippen LogP contribution is -2.25. The predicted octanol–water partition coefficient (Wildman–Crippen LogP) is 4.40. The van der Waals surface area contributed by atoms with Crippen LogP contribution in [0.4, 0.5) is 0 Å². The van der Waals surface area contributed by atoms with Gasteiger partial charge in [0.25, 0.3) is 0 Å². The summed E-state index contributed by atoms with van der Waals surface area (Å²) in [5.74, 6) is 0. The van der Waals surface area contributed by atoms with Crippen LogP contribution in [-0.2, 0) is 0 Å².